The lowest BCUT2D eigenvalue weighted by molar-refractivity contribution is 0.0991. The number of nitrogens with zero attached hydrogens (tertiary/aromatic N) is 1. The lowest BCUT2D eigenvalue weighted by Crippen LogP contribution is -2.12. The highest BCUT2D eigenvalue weighted by Crippen LogP contribution is 2.25. The van der Waals surface area contributed by atoms with Crippen LogP contribution in [0.15, 0.2) is 39.8 Å². The quantitative estimate of drug-likeness (QED) is 0.759. The zero-order chi connectivity index (χ0) is 15.9. The van der Waals surface area contributed by atoms with Crippen LogP contribution in [-0.2, 0) is 10.0 Å². The number of fused-ring (bicyclic) bond motifs is 1. The van der Waals surface area contributed by atoms with E-state index in [4.69, 9.17) is 9.56 Å². The maximum atomic E-state index is 12.0. The molecule has 1 aromatic carbocycles. The minimum Gasteiger partial charge on any atom is -0.438 e. The highest BCUT2D eigenvalue weighted by atomic mass is 32.2. The van der Waals surface area contributed by atoms with E-state index in [0.717, 1.165) is 21.3 Å². The van der Waals surface area contributed by atoms with Gasteiger partial charge in [0.2, 0.25) is 5.09 Å². The first kappa shape index (κ1) is 14.7. The Morgan fingerprint density at radius 1 is 1.32 bits per heavy atom. The lowest BCUT2D eigenvalue weighted by atomic mass is 10.3. The molecule has 0 fully saturated rings. The number of aryl methyl sites for hydroxylation is 1. The Bertz CT molecular complexity index is 972. The van der Waals surface area contributed by atoms with Gasteiger partial charge in [0.1, 0.15) is 0 Å². The Morgan fingerprint density at radius 2 is 2.09 bits per heavy atom. The molecular weight excluding hydrogens is 326 g/mol. The van der Waals surface area contributed by atoms with Crippen LogP contribution >= 0.6 is 11.3 Å². The van der Waals surface area contributed by atoms with Crippen molar-refractivity contribution in [3.8, 4) is 0 Å². The minimum absolute atomic E-state index is 0.140. The van der Waals surface area contributed by atoms with Crippen LogP contribution in [0.4, 0.5) is 5.69 Å². The van der Waals surface area contributed by atoms with Crippen LogP contribution in [0.25, 0.3) is 10.2 Å². The molecule has 0 radical (unpaired) electrons. The van der Waals surface area contributed by atoms with E-state index < -0.39 is 21.0 Å². The third-order valence-corrected chi connectivity index (χ3v) is 4.57. The summed E-state index contributed by atoms with van der Waals surface area (Å²) in [4.78, 5) is 16.4. The molecular formula is C13H11N3O4S2. The van der Waals surface area contributed by atoms with Crippen LogP contribution in [0.2, 0.25) is 0 Å². The number of sulfonamides is 1. The molecule has 3 N–H and O–H groups in total. The molecule has 9 heteroatoms. The second kappa shape index (κ2) is 5.20. The van der Waals surface area contributed by atoms with Gasteiger partial charge in [-0.1, -0.05) is 0 Å². The molecule has 0 saturated carbocycles. The Hall–Kier alpha value is -2.23. The van der Waals surface area contributed by atoms with Crippen molar-refractivity contribution in [2.75, 3.05) is 5.32 Å². The molecule has 0 aliphatic heterocycles. The van der Waals surface area contributed by atoms with Gasteiger partial charge < -0.3 is 9.73 Å². The fourth-order valence-electron chi connectivity index (χ4n) is 1.91. The number of rotatable bonds is 3. The summed E-state index contributed by atoms with van der Waals surface area (Å²) in [7, 11) is -3.97. The lowest BCUT2D eigenvalue weighted by Gasteiger charge is -2.02. The van der Waals surface area contributed by atoms with Gasteiger partial charge in [0, 0.05) is 5.69 Å². The molecule has 2 aromatic heterocycles. The second-order valence-electron chi connectivity index (χ2n) is 4.53. The molecule has 0 saturated heterocycles. The van der Waals surface area contributed by atoms with E-state index in [1.807, 2.05) is 13.0 Å². The second-order valence-corrected chi connectivity index (χ2v) is 7.26. The van der Waals surface area contributed by atoms with Gasteiger partial charge in [0.05, 0.1) is 15.2 Å². The van der Waals surface area contributed by atoms with Crippen molar-refractivity contribution in [2.24, 2.45) is 5.14 Å². The molecule has 0 bridgehead atoms. The first-order valence-electron chi connectivity index (χ1n) is 6.14. The molecule has 0 spiro atoms. The van der Waals surface area contributed by atoms with Crippen molar-refractivity contribution in [1.82, 2.24) is 4.98 Å². The maximum Gasteiger partial charge on any atom is 0.291 e. The Labute approximate surface area is 129 Å². The number of hydrogen-bond donors (Lipinski definition) is 2. The zero-order valence-corrected chi connectivity index (χ0v) is 13.0. The van der Waals surface area contributed by atoms with Crippen LogP contribution < -0.4 is 10.5 Å². The van der Waals surface area contributed by atoms with Crippen molar-refractivity contribution < 1.29 is 17.6 Å². The molecule has 3 aromatic rings. The molecule has 7 nitrogen and oxygen atoms in total. The summed E-state index contributed by atoms with van der Waals surface area (Å²) in [5, 5.41) is 8.03. The summed E-state index contributed by atoms with van der Waals surface area (Å²) in [6.45, 7) is 1.90. The molecule has 2 heterocycles. The number of thiazole rings is 1. The van der Waals surface area contributed by atoms with Crippen molar-refractivity contribution in [1.29, 1.82) is 0 Å². The first-order valence-corrected chi connectivity index (χ1v) is 8.50. The number of anilines is 1. The normalized spacial score (nSPS) is 11.7. The van der Waals surface area contributed by atoms with Gasteiger partial charge >= 0.3 is 0 Å². The number of carbonyl (C=O) groups excluding carboxylic acids is 1. The largest absolute Gasteiger partial charge is 0.438 e. The van der Waals surface area contributed by atoms with Crippen LogP contribution in [0, 0.1) is 6.92 Å². The molecule has 0 atom stereocenters. The van der Waals surface area contributed by atoms with Crippen LogP contribution in [0.1, 0.15) is 15.6 Å². The third kappa shape index (κ3) is 2.86. The number of primary sulfonamides is 1. The number of nitrogens with two attached hydrogens (primary N) is 1. The molecule has 22 heavy (non-hydrogen) atoms. The van der Waals surface area contributed by atoms with Crippen molar-refractivity contribution in [2.45, 2.75) is 12.0 Å². The summed E-state index contributed by atoms with van der Waals surface area (Å²) >= 11 is 1.56. The number of furan rings is 1. The smallest absolute Gasteiger partial charge is 0.291 e. The van der Waals surface area contributed by atoms with Crippen LogP contribution in [-0.4, -0.2) is 19.3 Å². The number of amides is 1. The summed E-state index contributed by atoms with van der Waals surface area (Å²) in [6.07, 6.45) is 0. The average Bonchev–Trinajstić information content (AvgIpc) is 3.02. The van der Waals surface area contributed by atoms with E-state index >= 15 is 0 Å². The molecule has 0 aliphatic rings. The third-order valence-electron chi connectivity index (χ3n) is 2.84. The average molecular weight is 337 g/mol. The van der Waals surface area contributed by atoms with E-state index in [2.05, 4.69) is 10.3 Å². The van der Waals surface area contributed by atoms with Crippen LogP contribution in [0.5, 0.6) is 0 Å². The number of aromatic nitrogens is 1. The van der Waals surface area contributed by atoms with Gasteiger partial charge in [-0.3, -0.25) is 4.79 Å². The number of benzene rings is 1. The van der Waals surface area contributed by atoms with Gasteiger partial charge in [-0.05, 0) is 37.3 Å². The summed E-state index contributed by atoms with van der Waals surface area (Å²) in [5.74, 6) is -0.709. The minimum atomic E-state index is -3.97. The molecule has 1 amide bonds. The molecule has 114 valence electrons. The number of carbonyl (C=O) groups is 1. The first-order chi connectivity index (χ1) is 10.3. The topological polar surface area (TPSA) is 115 Å². The van der Waals surface area contributed by atoms with Gasteiger partial charge in [-0.2, -0.15) is 0 Å². The fraction of sp³-hybridized carbons (Fsp3) is 0.0769. The van der Waals surface area contributed by atoms with E-state index in [1.54, 1.807) is 23.5 Å². The standard InChI is InChI=1S/C13H11N3O4S2/c1-7-15-9-6-8(2-4-11(9)21-7)16-13(17)10-3-5-12(20-10)22(14,18)19/h2-6H,1H3,(H,16,17)(H2,14,18,19). The van der Waals surface area contributed by atoms with Crippen molar-refractivity contribution >= 4 is 43.2 Å². The van der Waals surface area contributed by atoms with Gasteiger partial charge in [-0.15, -0.1) is 11.3 Å². The maximum absolute atomic E-state index is 12.0. The zero-order valence-electron chi connectivity index (χ0n) is 11.4. The SMILES string of the molecule is Cc1nc2cc(NC(=O)c3ccc(S(N)(=O)=O)o3)ccc2s1. The summed E-state index contributed by atoms with van der Waals surface area (Å²) in [6, 6.07) is 7.72. The van der Waals surface area contributed by atoms with Crippen LogP contribution in [0.3, 0.4) is 0 Å². The molecule has 3 rings (SSSR count). The van der Waals surface area contributed by atoms with Gasteiger partial charge in [0.15, 0.2) is 5.76 Å². The molecule has 0 unspecified atom stereocenters. The summed E-state index contributed by atoms with van der Waals surface area (Å²) < 4.78 is 28.2. The monoisotopic (exact) mass is 337 g/mol. The van der Waals surface area contributed by atoms with Crippen molar-refractivity contribution in [3.05, 3.63) is 41.1 Å². The van der Waals surface area contributed by atoms with E-state index in [0.29, 0.717) is 5.69 Å². The predicted molar refractivity (Wildman–Crippen MR) is 82.4 cm³/mol. The Kier molecular flexibility index (Phi) is 3.47. The van der Waals surface area contributed by atoms with Gasteiger partial charge in [-0.25, -0.2) is 18.5 Å². The number of nitrogens with one attached hydrogen (secondary N) is 1. The summed E-state index contributed by atoms with van der Waals surface area (Å²) in [5.41, 5.74) is 1.32. The fourth-order valence-corrected chi connectivity index (χ4v) is 3.18. The Morgan fingerprint density at radius 3 is 2.77 bits per heavy atom. The highest BCUT2D eigenvalue weighted by molar-refractivity contribution is 7.89. The van der Waals surface area contributed by atoms with E-state index in [1.165, 1.54) is 6.07 Å². The van der Waals surface area contributed by atoms with Crippen molar-refractivity contribution in [3.63, 3.8) is 0 Å². The number of hydrogen-bond acceptors (Lipinski definition) is 6. The van der Waals surface area contributed by atoms with E-state index in [9.17, 15) is 13.2 Å². The Balaban J connectivity index is 1.84. The molecule has 0 aliphatic carbocycles. The van der Waals surface area contributed by atoms with Gasteiger partial charge in [0.25, 0.3) is 15.9 Å². The van der Waals surface area contributed by atoms with E-state index in [-0.39, 0.29) is 5.76 Å². The predicted octanol–water partition coefficient (Wildman–Crippen LogP) is 2.10. The highest BCUT2D eigenvalue weighted by Gasteiger charge is 2.17.